The summed E-state index contributed by atoms with van der Waals surface area (Å²) in [5.74, 6) is -0.0606. The molecule has 0 radical (unpaired) electrons. The topological polar surface area (TPSA) is 53.2 Å². The lowest BCUT2D eigenvalue weighted by Gasteiger charge is -2.21. The van der Waals surface area contributed by atoms with E-state index < -0.39 is 0 Å². The van der Waals surface area contributed by atoms with E-state index in [0.717, 1.165) is 22.0 Å². The normalized spacial score (nSPS) is 10.8. The minimum atomic E-state index is -0.145. The Hall–Kier alpha value is -2.88. The second kappa shape index (κ2) is 6.93. The third-order valence-electron chi connectivity index (χ3n) is 4.37. The van der Waals surface area contributed by atoms with Gasteiger partial charge < -0.3 is 9.88 Å². The van der Waals surface area contributed by atoms with Gasteiger partial charge in [0.2, 0.25) is 0 Å². The summed E-state index contributed by atoms with van der Waals surface area (Å²) in [6.07, 6.45) is 0. The molecule has 25 heavy (non-hydrogen) atoms. The number of aromatic amines is 1. The van der Waals surface area contributed by atoms with Gasteiger partial charge in [0.05, 0.1) is 6.54 Å². The summed E-state index contributed by atoms with van der Waals surface area (Å²) in [5.41, 5.74) is 4.06. The van der Waals surface area contributed by atoms with Gasteiger partial charge in [-0.05, 0) is 56.0 Å². The number of pyridine rings is 1. The Kier molecular flexibility index (Phi) is 4.70. The molecule has 0 atom stereocenters. The average molecular weight is 334 g/mol. The van der Waals surface area contributed by atoms with Gasteiger partial charge in [0.1, 0.15) is 0 Å². The number of amides is 1. The molecule has 3 aromatic rings. The molecule has 0 spiro atoms. The first-order valence-corrected chi connectivity index (χ1v) is 8.46. The molecule has 0 saturated heterocycles. The summed E-state index contributed by atoms with van der Waals surface area (Å²) in [6.45, 7) is 6.71. The zero-order valence-corrected chi connectivity index (χ0v) is 14.8. The summed E-state index contributed by atoms with van der Waals surface area (Å²) in [7, 11) is 0. The number of aryl methyl sites for hydroxylation is 2. The molecule has 0 bridgehead atoms. The quantitative estimate of drug-likeness (QED) is 0.789. The van der Waals surface area contributed by atoms with Crippen molar-refractivity contribution < 1.29 is 4.79 Å². The van der Waals surface area contributed by atoms with Crippen LogP contribution >= 0.6 is 0 Å². The van der Waals surface area contributed by atoms with Crippen molar-refractivity contribution in [2.45, 2.75) is 27.3 Å². The Morgan fingerprint density at radius 2 is 1.80 bits per heavy atom. The highest BCUT2D eigenvalue weighted by molar-refractivity contribution is 5.94. The van der Waals surface area contributed by atoms with Gasteiger partial charge >= 0.3 is 0 Å². The van der Waals surface area contributed by atoms with Crippen LogP contribution in [0.15, 0.2) is 53.3 Å². The first kappa shape index (κ1) is 17.0. The minimum Gasteiger partial charge on any atom is -0.334 e. The molecular weight excluding hydrogens is 312 g/mol. The molecule has 2 aromatic carbocycles. The highest BCUT2D eigenvalue weighted by atomic mass is 16.2. The fourth-order valence-electron chi connectivity index (χ4n) is 2.97. The van der Waals surface area contributed by atoms with Crippen molar-refractivity contribution in [3.63, 3.8) is 0 Å². The van der Waals surface area contributed by atoms with E-state index in [0.29, 0.717) is 24.2 Å². The Labute approximate surface area is 147 Å². The van der Waals surface area contributed by atoms with E-state index in [1.807, 2.05) is 69.3 Å². The molecule has 1 N–H and O–H groups in total. The molecule has 0 fully saturated rings. The number of benzene rings is 2. The van der Waals surface area contributed by atoms with Crippen LogP contribution in [0.5, 0.6) is 0 Å². The lowest BCUT2D eigenvalue weighted by atomic mass is 10.1. The Morgan fingerprint density at radius 1 is 1.04 bits per heavy atom. The summed E-state index contributed by atoms with van der Waals surface area (Å²) in [6, 6.07) is 15.4. The third kappa shape index (κ3) is 3.63. The predicted octanol–water partition coefficient (Wildman–Crippen LogP) is 3.81. The van der Waals surface area contributed by atoms with Crippen LogP contribution in [-0.4, -0.2) is 22.3 Å². The average Bonchev–Trinajstić information content (AvgIpc) is 2.59. The van der Waals surface area contributed by atoms with Crippen LogP contribution in [-0.2, 0) is 6.54 Å². The van der Waals surface area contributed by atoms with Gasteiger partial charge in [-0.3, -0.25) is 9.59 Å². The first-order valence-electron chi connectivity index (χ1n) is 8.46. The highest BCUT2D eigenvalue weighted by Gasteiger charge is 2.16. The largest absolute Gasteiger partial charge is 0.334 e. The first-order chi connectivity index (χ1) is 12.0. The summed E-state index contributed by atoms with van der Waals surface area (Å²) in [5, 5.41) is 0.972. The van der Waals surface area contributed by atoms with E-state index >= 15 is 0 Å². The number of fused-ring (bicyclic) bond motifs is 1. The summed E-state index contributed by atoms with van der Waals surface area (Å²) < 4.78 is 0. The van der Waals surface area contributed by atoms with Gasteiger partial charge in [-0.2, -0.15) is 0 Å². The fourth-order valence-corrected chi connectivity index (χ4v) is 2.97. The lowest BCUT2D eigenvalue weighted by Crippen LogP contribution is -2.32. The standard InChI is InChI=1S/C21H22N2O2/c1-4-23(21(25)17-7-5-6-14(2)10-17)13-18-12-16-9-8-15(3)11-19(16)22-20(18)24/h5-12H,4,13H2,1-3H3,(H,22,24). The molecule has 0 unspecified atom stereocenters. The fraction of sp³-hybridized carbons (Fsp3) is 0.238. The van der Waals surface area contributed by atoms with Gasteiger partial charge in [0.25, 0.3) is 11.5 Å². The van der Waals surface area contributed by atoms with Gasteiger partial charge in [-0.1, -0.05) is 29.8 Å². The van der Waals surface area contributed by atoms with Crippen molar-refractivity contribution in [1.82, 2.24) is 9.88 Å². The Balaban J connectivity index is 1.92. The van der Waals surface area contributed by atoms with Gasteiger partial charge in [0, 0.05) is 23.2 Å². The summed E-state index contributed by atoms with van der Waals surface area (Å²) >= 11 is 0. The number of nitrogens with one attached hydrogen (secondary N) is 1. The van der Waals surface area contributed by atoms with Gasteiger partial charge in [-0.25, -0.2) is 0 Å². The molecule has 3 rings (SSSR count). The van der Waals surface area contributed by atoms with E-state index in [4.69, 9.17) is 0 Å². The van der Waals surface area contributed by atoms with Crippen LogP contribution in [0.4, 0.5) is 0 Å². The Morgan fingerprint density at radius 3 is 2.52 bits per heavy atom. The van der Waals surface area contributed by atoms with Crippen molar-refractivity contribution in [3.05, 3.63) is 81.1 Å². The van der Waals surface area contributed by atoms with E-state index in [2.05, 4.69) is 4.98 Å². The summed E-state index contributed by atoms with van der Waals surface area (Å²) in [4.78, 5) is 29.8. The van der Waals surface area contributed by atoms with Crippen LogP contribution in [0, 0.1) is 13.8 Å². The van der Waals surface area contributed by atoms with Crippen LogP contribution < -0.4 is 5.56 Å². The van der Waals surface area contributed by atoms with Crippen molar-refractivity contribution in [2.24, 2.45) is 0 Å². The number of rotatable bonds is 4. The zero-order chi connectivity index (χ0) is 18.0. The Bertz CT molecular complexity index is 989. The molecule has 1 aromatic heterocycles. The molecule has 0 aliphatic carbocycles. The third-order valence-corrected chi connectivity index (χ3v) is 4.37. The molecule has 4 nitrogen and oxygen atoms in total. The number of aromatic nitrogens is 1. The monoisotopic (exact) mass is 334 g/mol. The van der Waals surface area contributed by atoms with Gasteiger partial charge in [0.15, 0.2) is 0 Å². The van der Waals surface area contributed by atoms with Gasteiger partial charge in [-0.15, -0.1) is 0 Å². The SMILES string of the molecule is CCN(Cc1cc2ccc(C)cc2[nH]c1=O)C(=O)c1cccc(C)c1. The highest BCUT2D eigenvalue weighted by Crippen LogP contribution is 2.15. The van der Waals surface area contributed by atoms with E-state index in [1.165, 1.54) is 0 Å². The van der Waals surface area contributed by atoms with Crippen LogP contribution in [0.3, 0.4) is 0 Å². The van der Waals surface area contributed by atoms with E-state index in [-0.39, 0.29) is 11.5 Å². The van der Waals surface area contributed by atoms with Crippen LogP contribution in [0.1, 0.15) is 34.0 Å². The van der Waals surface area contributed by atoms with Crippen molar-refractivity contribution in [3.8, 4) is 0 Å². The van der Waals surface area contributed by atoms with Crippen molar-refractivity contribution >= 4 is 16.8 Å². The zero-order valence-electron chi connectivity index (χ0n) is 14.8. The molecule has 1 heterocycles. The van der Waals surface area contributed by atoms with Crippen molar-refractivity contribution in [1.29, 1.82) is 0 Å². The lowest BCUT2D eigenvalue weighted by molar-refractivity contribution is 0.0752. The molecule has 1 amide bonds. The van der Waals surface area contributed by atoms with E-state index in [1.54, 1.807) is 4.90 Å². The minimum absolute atomic E-state index is 0.0606. The molecule has 128 valence electrons. The maximum atomic E-state index is 12.8. The molecule has 0 aliphatic heterocycles. The molecule has 0 aliphatic rings. The molecule has 0 saturated carbocycles. The maximum absolute atomic E-state index is 12.8. The maximum Gasteiger partial charge on any atom is 0.254 e. The van der Waals surface area contributed by atoms with Crippen LogP contribution in [0.25, 0.3) is 10.9 Å². The molecular formula is C21H22N2O2. The number of hydrogen-bond acceptors (Lipinski definition) is 2. The van der Waals surface area contributed by atoms with E-state index in [9.17, 15) is 9.59 Å². The predicted molar refractivity (Wildman–Crippen MR) is 101 cm³/mol. The number of H-pyrrole nitrogens is 1. The number of hydrogen-bond donors (Lipinski definition) is 1. The number of carbonyl (C=O) groups excluding carboxylic acids is 1. The second-order valence-electron chi connectivity index (χ2n) is 6.40. The second-order valence-corrected chi connectivity index (χ2v) is 6.40. The molecule has 4 heteroatoms. The number of nitrogens with zero attached hydrogens (tertiary/aromatic N) is 1. The van der Waals surface area contributed by atoms with Crippen LogP contribution in [0.2, 0.25) is 0 Å². The smallest absolute Gasteiger partial charge is 0.254 e. The number of carbonyl (C=O) groups is 1. The van der Waals surface area contributed by atoms with Crippen molar-refractivity contribution in [2.75, 3.05) is 6.54 Å².